The normalized spacial score (nSPS) is 10.5. The van der Waals surface area contributed by atoms with E-state index in [0.29, 0.717) is 5.69 Å². The SMILES string of the molecule is CCN(CC)C(=O)CNc1ccnc2cc(N)ccc12. The van der Waals surface area contributed by atoms with Gasteiger partial charge in [-0.25, -0.2) is 0 Å². The first-order valence-corrected chi connectivity index (χ1v) is 6.81. The molecule has 2 rings (SSSR count). The lowest BCUT2D eigenvalue weighted by molar-refractivity contribution is -0.128. The molecule has 1 heterocycles. The summed E-state index contributed by atoms with van der Waals surface area (Å²) in [6, 6.07) is 7.45. The third-order valence-corrected chi connectivity index (χ3v) is 3.31. The van der Waals surface area contributed by atoms with Crippen molar-refractivity contribution >= 4 is 28.2 Å². The smallest absolute Gasteiger partial charge is 0.241 e. The number of nitrogens with one attached hydrogen (secondary N) is 1. The van der Waals surface area contributed by atoms with E-state index in [-0.39, 0.29) is 12.5 Å². The molecule has 5 nitrogen and oxygen atoms in total. The number of anilines is 2. The molecule has 0 aliphatic carbocycles. The molecule has 1 amide bonds. The Bertz CT molecular complexity index is 608. The molecule has 0 aliphatic rings. The zero-order valence-electron chi connectivity index (χ0n) is 11.9. The lowest BCUT2D eigenvalue weighted by Gasteiger charge is -2.19. The van der Waals surface area contributed by atoms with Crippen molar-refractivity contribution in [2.75, 3.05) is 30.7 Å². The van der Waals surface area contributed by atoms with Crippen molar-refractivity contribution in [3.8, 4) is 0 Å². The van der Waals surface area contributed by atoms with E-state index in [1.54, 1.807) is 11.1 Å². The Morgan fingerprint density at radius 1 is 1.30 bits per heavy atom. The minimum Gasteiger partial charge on any atom is -0.399 e. The van der Waals surface area contributed by atoms with E-state index in [0.717, 1.165) is 29.7 Å². The highest BCUT2D eigenvalue weighted by Gasteiger charge is 2.10. The van der Waals surface area contributed by atoms with Crippen LogP contribution in [-0.2, 0) is 4.79 Å². The van der Waals surface area contributed by atoms with E-state index < -0.39 is 0 Å². The molecule has 0 spiro atoms. The third-order valence-electron chi connectivity index (χ3n) is 3.31. The van der Waals surface area contributed by atoms with Crippen molar-refractivity contribution in [3.05, 3.63) is 30.5 Å². The summed E-state index contributed by atoms with van der Waals surface area (Å²) in [4.78, 5) is 18.1. The number of likely N-dealkylation sites (N-methyl/N-ethyl adjacent to an activating group) is 1. The fourth-order valence-corrected chi connectivity index (χ4v) is 2.18. The van der Waals surface area contributed by atoms with Gasteiger partial charge < -0.3 is 16.0 Å². The Balaban J connectivity index is 2.16. The molecular formula is C15H20N4O. The maximum absolute atomic E-state index is 12.0. The molecule has 0 saturated carbocycles. The predicted octanol–water partition coefficient (Wildman–Crippen LogP) is 2.10. The van der Waals surface area contributed by atoms with E-state index in [9.17, 15) is 4.79 Å². The average molecular weight is 272 g/mol. The molecule has 1 aromatic carbocycles. The Labute approximate surface area is 118 Å². The van der Waals surface area contributed by atoms with Gasteiger partial charge in [-0.2, -0.15) is 0 Å². The lowest BCUT2D eigenvalue weighted by atomic mass is 10.1. The van der Waals surface area contributed by atoms with Crippen molar-refractivity contribution in [1.82, 2.24) is 9.88 Å². The molecule has 20 heavy (non-hydrogen) atoms. The number of pyridine rings is 1. The Hall–Kier alpha value is -2.30. The highest BCUT2D eigenvalue weighted by atomic mass is 16.2. The second-order valence-corrected chi connectivity index (χ2v) is 4.55. The number of carbonyl (C=O) groups excluding carboxylic acids is 1. The number of nitrogens with two attached hydrogens (primary N) is 1. The molecule has 0 fully saturated rings. The Kier molecular flexibility index (Phi) is 4.40. The zero-order valence-corrected chi connectivity index (χ0v) is 11.9. The number of rotatable bonds is 5. The molecule has 0 radical (unpaired) electrons. The number of aromatic nitrogens is 1. The molecule has 0 bridgehead atoms. The third kappa shape index (κ3) is 2.99. The molecule has 5 heteroatoms. The van der Waals surface area contributed by atoms with Gasteiger partial charge in [0.05, 0.1) is 12.1 Å². The number of carbonyl (C=O) groups is 1. The molecule has 0 unspecified atom stereocenters. The second-order valence-electron chi connectivity index (χ2n) is 4.55. The maximum atomic E-state index is 12.0. The van der Waals surface area contributed by atoms with E-state index in [1.165, 1.54) is 0 Å². The summed E-state index contributed by atoms with van der Waals surface area (Å²) in [5.74, 6) is 0.0930. The van der Waals surface area contributed by atoms with E-state index in [4.69, 9.17) is 5.73 Å². The minimum atomic E-state index is 0.0930. The maximum Gasteiger partial charge on any atom is 0.241 e. The largest absolute Gasteiger partial charge is 0.399 e. The number of hydrogen-bond donors (Lipinski definition) is 2. The lowest BCUT2D eigenvalue weighted by Crippen LogP contribution is -2.35. The fourth-order valence-electron chi connectivity index (χ4n) is 2.18. The quantitative estimate of drug-likeness (QED) is 0.818. The van der Waals surface area contributed by atoms with Crippen LogP contribution in [0.5, 0.6) is 0 Å². The van der Waals surface area contributed by atoms with Crippen molar-refractivity contribution < 1.29 is 4.79 Å². The van der Waals surface area contributed by atoms with Crippen LogP contribution in [0.3, 0.4) is 0 Å². The van der Waals surface area contributed by atoms with Crippen LogP contribution >= 0.6 is 0 Å². The highest BCUT2D eigenvalue weighted by Crippen LogP contribution is 2.23. The monoisotopic (exact) mass is 272 g/mol. The van der Waals surface area contributed by atoms with Gasteiger partial charge in [0.15, 0.2) is 0 Å². The Morgan fingerprint density at radius 3 is 2.75 bits per heavy atom. The van der Waals surface area contributed by atoms with Crippen molar-refractivity contribution in [3.63, 3.8) is 0 Å². The van der Waals surface area contributed by atoms with Gasteiger partial charge in [0.25, 0.3) is 0 Å². The van der Waals surface area contributed by atoms with E-state index in [1.807, 2.05) is 38.1 Å². The molecule has 0 aliphatic heterocycles. The molecule has 106 valence electrons. The zero-order chi connectivity index (χ0) is 14.5. The van der Waals surface area contributed by atoms with Crippen molar-refractivity contribution in [2.24, 2.45) is 0 Å². The minimum absolute atomic E-state index is 0.0930. The number of hydrogen-bond acceptors (Lipinski definition) is 4. The number of nitrogens with zero attached hydrogens (tertiary/aromatic N) is 2. The average Bonchev–Trinajstić information content (AvgIpc) is 2.45. The molecule has 1 aromatic heterocycles. The summed E-state index contributed by atoms with van der Waals surface area (Å²) < 4.78 is 0. The fraction of sp³-hybridized carbons (Fsp3) is 0.333. The van der Waals surface area contributed by atoms with Crippen LogP contribution < -0.4 is 11.1 Å². The summed E-state index contributed by atoms with van der Waals surface area (Å²) >= 11 is 0. The standard InChI is InChI=1S/C15H20N4O/c1-3-19(4-2)15(20)10-18-13-7-8-17-14-9-11(16)5-6-12(13)14/h5-9H,3-4,10,16H2,1-2H3,(H,17,18). The summed E-state index contributed by atoms with van der Waals surface area (Å²) in [5, 5.41) is 4.15. The van der Waals surface area contributed by atoms with Crippen LogP contribution in [0.25, 0.3) is 10.9 Å². The summed E-state index contributed by atoms with van der Waals surface area (Å²) in [6.07, 6.45) is 1.71. The summed E-state index contributed by atoms with van der Waals surface area (Å²) in [5.41, 5.74) is 8.16. The van der Waals surface area contributed by atoms with Crippen LogP contribution in [0.2, 0.25) is 0 Å². The second kappa shape index (κ2) is 6.23. The van der Waals surface area contributed by atoms with Crippen molar-refractivity contribution in [2.45, 2.75) is 13.8 Å². The van der Waals surface area contributed by atoms with E-state index in [2.05, 4.69) is 10.3 Å². The van der Waals surface area contributed by atoms with Gasteiger partial charge in [-0.3, -0.25) is 9.78 Å². The van der Waals surface area contributed by atoms with Crippen LogP contribution in [0, 0.1) is 0 Å². The van der Waals surface area contributed by atoms with Gasteiger partial charge in [0, 0.05) is 36.0 Å². The van der Waals surface area contributed by atoms with Crippen LogP contribution in [0.1, 0.15) is 13.8 Å². The van der Waals surface area contributed by atoms with Crippen LogP contribution in [0.15, 0.2) is 30.5 Å². The number of nitrogen functional groups attached to an aromatic ring is 1. The topological polar surface area (TPSA) is 71.2 Å². The van der Waals surface area contributed by atoms with E-state index >= 15 is 0 Å². The molecular weight excluding hydrogens is 252 g/mol. The van der Waals surface area contributed by atoms with Gasteiger partial charge in [0.1, 0.15) is 0 Å². The number of benzene rings is 1. The van der Waals surface area contributed by atoms with Gasteiger partial charge >= 0.3 is 0 Å². The number of fused-ring (bicyclic) bond motifs is 1. The van der Waals surface area contributed by atoms with Gasteiger partial charge in [0.2, 0.25) is 5.91 Å². The van der Waals surface area contributed by atoms with Gasteiger partial charge in [-0.05, 0) is 38.1 Å². The molecule has 0 atom stereocenters. The van der Waals surface area contributed by atoms with Crippen LogP contribution in [-0.4, -0.2) is 35.4 Å². The first kappa shape index (κ1) is 14.1. The highest BCUT2D eigenvalue weighted by molar-refractivity contribution is 5.94. The molecule has 0 saturated heterocycles. The van der Waals surface area contributed by atoms with Crippen molar-refractivity contribution in [1.29, 1.82) is 0 Å². The number of amides is 1. The van der Waals surface area contributed by atoms with Gasteiger partial charge in [-0.15, -0.1) is 0 Å². The predicted molar refractivity (Wildman–Crippen MR) is 82.6 cm³/mol. The van der Waals surface area contributed by atoms with Gasteiger partial charge in [-0.1, -0.05) is 0 Å². The molecule has 2 aromatic rings. The Morgan fingerprint density at radius 2 is 2.05 bits per heavy atom. The summed E-state index contributed by atoms with van der Waals surface area (Å²) in [7, 11) is 0. The first-order valence-electron chi connectivity index (χ1n) is 6.81. The molecule has 3 N–H and O–H groups in total. The van der Waals surface area contributed by atoms with Crippen LogP contribution in [0.4, 0.5) is 11.4 Å². The summed E-state index contributed by atoms with van der Waals surface area (Å²) in [6.45, 7) is 5.69. The first-order chi connectivity index (χ1) is 9.65.